The van der Waals surface area contributed by atoms with Gasteiger partial charge in [0.1, 0.15) is 16.5 Å². The fourth-order valence-electron chi connectivity index (χ4n) is 0.386. The number of aliphatic carboxylic acids is 1. The molecule has 0 aliphatic carbocycles. The van der Waals surface area contributed by atoms with Crippen molar-refractivity contribution in [3.8, 4) is 0 Å². The number of halogens is 2. The van der Waals surface area contributed by atoms with E-state index in [9.17, 15) is 9.90 Å². The third-order valence-corrected chi connectivity index (χ3v) is 2.22. The van der Waals surface area contributed by atoms with Gasteiger partial charge in [-0.15, -0.1) is 23.2 Å². The molecule has 0 saturated carbocycles. The first-order chi connectivity index (χ1) is 4.80. The summed E-state index contributed by atoms with van der Waals surface area (Å²) in [6, 6.07) is -1.48. The molecule has 0 aliphatic heterocycles. The van der Waals surface area contributed by atoms with Crippen molar-refractivity contribution in [2.45, 2.75) is 23.4 Å². The van der Waals surface area contributed by atoms with Gasteiger partial charge in [0.2, 0.25) is 0 Å². The number of alkyl halides is 2. The molecule has 0 amide bonds. The molecule has 0 fully saturated rings. The minimum absolute atomic E-state index is 1.16. The van der Waals surface area contributed by atoms with Crippen molar-refractivity contribution in [1.82, 2.24) is 0 Å². The van der Waals surface area contributed by atoms with Crippen LogP contribution in [0.4, 0.5) is 0 Å². The van der Waals surface area contributed by atoms with Crippen molar-refractivity contribution in [2.24, 2.45) is 5.73 Å². The highest BCUT2D eigenvalue weighted by Gasteiger charge is 2.40. The Morgan fingerprint density at radius 3 is 2.09 bits per heavy atom. The molecule has 2 atom stereocenters. The highest BCUT2D eigenvalue weighted by Crippen LogP contribution is 2.22. The van der Waals surface area contributed by atoms with Gasteiger partial charge in [0, 0.05) is 0 Å². The van der Waals surface area contributed by atoms with Gasteiger partial charge in [-0.2, -0.15) is 0 Å². The smallest absolute Gasteiger partial charge is 0.323 e. The maximum absolute atomic E-state index is 10.2. The minimum Gasteiger partial charge on any atom is -0.480 e. The van der Waals surface area contributed by atoms with Gasteiger partial charge in [-0.3, -0.25) is 4.79 Å². The van der Waals surface area contributed by atoms with Gasteiger partial charge in [-0.1, -0.05) is 0 Å². The summed E-state index contributed by atoms with van der Waals surface area (Å²) in [7, 11) is 0. The van der Waals surface area contributed by atoms with Gasteiger partial charge in [-0.05, 0) is 6.92 Å². The number of hydrogen-bond donors (Lipinski definition) is 3. The summed E-state index contributed by atoms with van der Waals surface area (Å²) in [4.78, 5) is 9.02. The van der Waals surface area contributed by atoms with E-state index >= 15 is 0 Å². The van der Waals surface area contributed by atoms with Crippen LogP contribution in [0.5, 0.6) is 0 Å². The molecule has 6 heteroatoms. The van der Waals surface area contributed by atoms with Crippen LogP contribution >= 0.6 is 23.2 Å². The molecule has 4 nitrogen and oxygen atoms in total. The molecule has 1 unspecified atom stereocenters. The summed E-state index contributed by atoms with van der Waals surface area (Å²) in [5.74, 6) is -1.35. The third-order valence-electron chi connectivity index (χ3n) is 1.34. The fourth-order valence-corrected chi connectivity index (χ4v) is 0.657. The summed E-state index contributed by atoms with van der Waals surface area (Å²) in [6.45, 7) is 1.16. The number of carboxylic acid groups (broad SMARTS) is 1. The van der Waals surface area contributed by atoms with Crippen LogP contribution in [0.25, 0.3) is 0 Å². The highest BCUT2D eigenvalue weighted by atomic mass is 35.5. The first kappa shape index (κ1) is 11.0. The molecule has 4 N–H and O–H groups in total. The molecule has 0 bridgehead atoms. The molecular formula is C5H9Cl2NO3. The molecule has 0 rings (SSSR count). The van der Waals surface area contributed by atoms with E-state index in [1.807, 2.05) is 0 Å². The lowest BCUT2D eigenvalue weighted by atomic mass is 10.00. The second-order valence-electron chi connectivity index (χ2n) is 2.34. The molecule has 66 valence electrons. The topological polar surface area (TPSA) is 83.5 Å². The standard InChI is InChI=1S/C5H9Cl2NO3/c1-5(11,4(6)7)2(8)3(9)10/h2,4,11H,8H2,1H3,(H,9,10)/t2-,5?/m1/s1. The van der Waals surface area contributed by atoms with E-state index in [1.165, 1.54) is 0 Å². The van der Waals surface area contributed by atoms with E-state index in [-0.39, 0.29) is 0 Å². The predicted octanol–water partition coefficient (Wildman–Crippen LogP) is -0.0470. The minimum atomic E-state index is -1.81. The lowest BCUT2D eigenvalue weighted by molar-refractivity contribution is -0.144. The van der Waals surface area contributed by atoms with E-state index in [0.29, 0.717) is 0 Å². The van der Waals surface area contributed by atoms with E-state index in [2.05, 4.69) is 0 Å². The second kappa shape index (κ2) is 3.58. The molecule has 0 aromatic rings. The zero-order chi connectivity index (χ0) is 9.23. The molecule has 0 saturated heterocycles. The Labute approximate surface area is 73.9 Å². The monoisotopic (exact) mass is 201 g/mol. The summed E-state index contributed by atoms with van der Waals surface area (Å²) >= 11 is 10.6. The summed E-state index contributed by atoms with van der Waals surface area (Å²) in [5.41, 5.74) is 3.27. The maximum Gasteiger partial charge on any atom is 0.323 e. The lowest BCUT2D eigenvalue weighted by Crippen LogP contribution is -2.54. The third kappa shape index (κ3) is 2.48. The summed E-state index contributed by atoms with van der Waals surface area (Å²) in [6.07, 6.45) is 0. The van der Waals surface area contributed by atoms with Gasteiger partial charge >= 0.3 is 5.97 Å². The SMILES string of the molecule is CC(O)(C(Cl)Cl)[C@H](N)C(=O)O. The van der Waals surface area contributed by atoms with Crippen LogP contribution in [0.1, 0.15) is 6.92 Å². The molecule has 0 aromatic carbocycles. The quantitative estimate of drug-likeness (QED) is 0.560. The number of carbonyl (C=O) groups is 1. The van der Waals surface area contributed by atoms with Crippen molar-refractivity contribution in [1.29, 1.82) is 0 Å². The first-order valence-electron chi connectivity index (χ1n) is 2.79. The van der Waals surface area contributed by atoms with Crippen LogP contribution in [-0.4, -0.2) is 32.7 Å². The van der Waals surface area contributed by atoms with Gasteiger partial charge in [0.25, 0.3) is 0 Å². The van der Waals surface area contributed by atoms with Gasteiger partial charge in [0.05, 0.1) is 0 Å². The first-order valence-corrected chi connectivity index (χ1v) is 3.66. The largest absolute Gasteiger partial charge is 0.480 e. The van der Waals surface area contributed by atoms with Crippen LogP contribution in [0.15, 0.2) is 0 Å². The number of nitrogens with two attached hydrogens (primary N) is 1. The Hall–Kier alpha value is -0.0300. The Bertz CT molecular complexity index is 160. The number of aliphatic hydroxyl groups is 1. The fraction of sp³-hybridized carbons (Fsp3) is 0.800. The van der Waals surface area contributed by atoms with E-state index < -0.39 is 22.4 Å². The zero-order valence-electron chi connectivity index (χ0n) is 5.79. The summed E-state index contributed by atoms with van der Waals surface area (Å²) < 4.78 is 0. The second-order valence-corrected chi connectivity index (χ2v) is 3.44. The maximum atomic E-state index is 10.2. The molecule has 0 spiro atoms. The van der Waals surface area contributed by atoms with Crippen LogP contribution in [0.2, 0.25) is 0 Å². The lowest BCUT2D eigenvalue weighted by Gasteiger charge is -2.27. The van der Waals surface area contributed by atoms with Crippen molar-refractivity contribution in [3.63, 3.8) is 0 Å². The molecular weight excluding hydrogens is 193 g/mol. The van der Waals surface area contributed by atoms with Crippen LogP contribution < -0.4 is 5.73 Å². The van der Waals surface area contributed by atoms with Crippen LogP contribution in [-0.2, 0) is 4.79 Å². The predicted molar refractivity (Wildman–Crippen MR) is 41.7 cm³/mol. The van der Waals surface area contributed by atoms with Gasteiger partial charge < -0.3 is 15.9 Å². The molecule has 0 heterocycles. The van der Waals surface area contributed by atoms with E-state index in [4.69, 9.17) is 34.0 Å². The van der Waals surface area contributed by atoms with E-state index in [0.717, 1.165) is 6.92 Å². The average molecular weight is 202 g/mol. The molecule has 0 radical (unpaired) electrons. The number of hydrogen-bond acceptors (Lipinski definition) is 3. The molecule has 0 aliphatic rings. The van der Waals surface area contributed by atoms with Crippen molar-refractivity contribution < 1.29 is 15.0 Å². The zero-order valence-corrected chi connectivity index (χ0v) is 7.30. The van der Waals surface area contributed by atoms with Crippen LogP contribution in [0, 0.1) is 0 Å². The van der Waals surface area contributed by atoms with Crippen LogP contribution in [0.3, 0.4) is 0 Å². The number of rotatable bonds is 3. The average Bonchev–Trinajstić information content (AvgIpc) is 1.85. The normalized spacial score (nSPS) is 19.5. The Morgan fingerprint density at radius 1 is 1.64 bits per heavy atom. The van der Waals surface area contributed by atoms with Crippen molar-refractivity contribution in [2.75, 3.05) is 0 Å². The Balaban J connectivity index is 4.41. The Kier molecular flexibility index (Phi) is 3.57. The molecule has 11 heavy (non-hydrogen) atoms. The van der Waals surface area contributed by atoms with Gasteiger partial charge in [-0.25, -0.2) is 0 Å². The number of carboxylic acids is 1. The highest BCUT2D eigenvalue weighted by molar-refractivity contribution is 6.45. The summed E-state index contributed by atoms with van der Waals surface area (Å²) in [5, 5.41) is 17.6. The Morgan fingerprint density at radius 2 is 2.00 bits per heavy atom. The van der Waals surface area contributed by atoms with Crippen molar-refractivity contribution in [3.05, 3.63) is 0 Å². The molecule has 0 aromatic heterocycles. The van der Waals surface area contributed by atoms with Crippen molar-refractivity contribution >= 4 is 29.2 Å². The van der Waals surface area contributed by atoms with E-state index in [1.54, 1.807) is 0 Å². The van der Waals surface area contributed by atoms with Gasteiger partial charge in [0.15, 0.2) is 0 Å².